The predicted molar refractivity (Wildman–Crippen MR) is 88.8 cm³/mol. The standard InChI is InChI=1S/C16H25N3O4/c1-18(2)15(20)13-6-5-7-14(12-13)17-16(21)19(8-10-22-3)9-11-23-4/h5-7,12H,8-11H2,1-4H3,(H,17,21). The van der Waals surface area contributed by atoms with Gasteiger partial charge in [-0.3, -0.25) is 4.79 Å². The molecule has 3 amide bonds. The molecule has 0 aliphatic heterocycles. The van der Waals surface area contributed by atoms with Gasteiger partial charge < -0.3 is 24.6 Å². The Morgan fingerprint density at radius 3 is 2.22 bits per heavy atom. The molecule has 23 heavy (non-hydrogen) atoms. The van der Waals surface area contributed by atoms with Crippen LogP contribution in [0.25, 0.3) is 0 Å². The summed E-state index contributed by atoms with van der Waals surface area (Å²) in [5, 5.41) is 2.80. The fraction of sp³-hybridized carbons (Fsp3) is 0.500. The quantitative estimate of drug-likeness (QED) is 0.787. The van der Waals surface area contributed by atoms with Crippen LogP contribution in [0.1, 0.15) is 10.4 Å². The molecule has 7 heteroatoms. The molecule has 1 N–H and O–H groups in total. The van der Waals surface area contributed by atoms with Crippen molar-refractivity contribution in [3.63, 3.8) is 0 Å². The number of amides is 3. The Morgan fingerprint density at radius 1 is 1.09 bits per heavy atom. The zero-order valence-corrected chi connectivity index (χ0v) is 14.2. The van der Waals surface area contributed by atoms with Gasteiger partial charge in [-0.25, -0.2) is 4.79 Å². The number of nitrogens with zero attached hydrogens (tertiary/aromatic N) is 2. The van der Waals surface area contributed by atoms with Crippen molar-refractivity contribution in [3.05, 3.63) is 29.8 Å². The second-order valence-corrected chi connectivity index (χ2v) is 5.18. The van der Waals surface area contributed by atoms with E-state index in [1.54, 1.807) is 57.5 Å². The van der Waals surface area contributed by atoms with E-state index in [9.17, 15) is 9.59 Å². The Kier molecular flexibility index (Phi) is 8.07. The van der Waals surface area contributed by atoms with E-state index in [1.165, 1.54) is 4.90 Å². The number of carbonyl (C=O) groups is 2. The molecular formula is C16H25N3O4. The first-order chi connectivity index (χ1) is 11.0. The fourth-order valence-electron chi connectivity index (χ4n) is 1.91. The van der Waals surface area contributed by atoms with Gasteiger partial charge in [0.1, 0.15) is 0 Å². The highest BCUT2D eigenvalue weighted by molar-refractivity contribution is 5.96. The van der Waals surface area contributed by atoms with Crippen molar-refractivity contribution in [2.24, 2.45) is 0 Å². The molecule has 0 radical (unpaired) electrons. The molecule has 0 fully saturated rings. The summed E-state index contributed by atoms with van der Waals surface area (Å²) in [6, 6.07) is 6.60. The van der Waals surface area contributed by atoms with Gasteiger partial charge >= 0.3 is 6.03 Å². The molecule has 0 atom stereocenters. The van der Waals surface area contributed by atoms with Crippen molar-refractivity contribution in [2.75, 3.05) is 59.9 Å². The predicted octanol–water partition coefficient (Wildman–Crippen LogP) is 1.52. The number of hydrogen-bond acceptors (Lipinski definition) is 4. The van der Waals surface area contributed by atoms with Crippen LogP contribution in [-0.4, -0.2) is 76.4 Å². The van der Waals surface area contributed by atoms with Crippen LogP contribution in [0.3, 0.4) is 0 Å². The lowest BCUT2D eigenvalue weighted by Crippen LogP contribution is -2.39. The Labute approximate surface area is 137 Å². The zero-order valence-electron chi connectivity index (χ0n) is 14.2. The minimum absolute atomic E-state index is 0.114. The average molecular weight is 323 g/mol. The number of hydrogen-bond donors (Lipinski definition) is 1. The Balaban J connectivity index is 2.77. The summed E-state index contributed by atoms with van der Waals surface area (Å²) < 4.78 is 10.0. The van der Waals surface area contributed by atoms with E-state index in [4.69, 9.17) is 9.47 Å². The molecule has 1 aromatic carbocycles. The average Bonchev–Trinajstić information content (AvgIpc) is 2.54. The van der Waals surface area contributed by atoms with Gasteiger partial charge in [0, 0.05) is 52.7 Å². The maximum absolute atomic E-state index is 12.3. The Bertz CT molecular complexity index is 512. The summed E-state index contributed by atoms with van der Waals surface area (Å²) in [6.45, 7) is 1.80. The van der Waals surface area contributed by atoms with Crippen LogP contribution >= 0.6 is 0 Å². The lowest BCUT2D eigenvalue weighted by atomic mass is 10.2. The molecule has 0 saturated carbocycles. The molecule has 0 aliphatic rings. The first-order valence-electron chi connectivity index (χ1n) is 7.35. The minimum Gasteiger partial charge on any atom is -0.383 e. The van der Waals surface area contributed by atoms with Gasteiger partial charge in [0.25, 0.3) is 5.91 Å². The third kappa shape index (κ3) is 6.25. The molecule has 0 spiro atoms. The first-order valence-corrected chi connectivity index (χ1v) is 7.35. The van der Waals surface area contributed by atoms with Crippen molar-refractivity contribution < 1.29 is 19.1 Å². The van der Waals surface area contributed by atoms with E-state index in [2.05, 4.69) is 5.32 Å². The molecule has 0 unspecified atom stereocenters. The monoisotopic (exact) mass is 323 g/mol. The largest absolute Gasteiger partial charge is 0.383 e. The van der Waals surface area contributed by atoms with Crippen LogP contribution in [0.2, 0.25) is 0 Å². The Morgan fingerprint density at radius 2 is 1.70 bits per heavy atom. The maximum atomic E-state index is 12.3. The number of nitrogens with one attached hydrogen (secondary N) is 1. The lowest BCUT2D eigenvalue weighted by molar-refractivity contribution is 0.0827. The highest BCUT2D eigenvalue weighted by Crippen LogP contribution is 2.13. The summed E-state index contributed by atoms with van der Waals surface area (Å²) in [5.41, 5.74) is 1.09. The van der Waals surface area contributed by atoms with Crippen molar-refractivity contribution in [3.8, 4) is 0 Å². The molecule has 0 heterocycles. The maximum Gasteiger partial charge on any atom is 0.321 e. The van der Waals surface area contributed by atoms with Gasteiger partial charge in [-0.05, 0) is 18.2 Å². The molecule has 0 aromatic heterocycles. The van der Waals surface area contributed by atoms with Gasteiger partial charge in [0.15, 0.2) is 0 Å². The van der Waals surface area contributed by atoms with Crippen molar-refractivity contribution in [1.82, 2.24) is 9.80 Å². The highest BCUT2D eigenvalue weighted by Gasteiger charge is 2.14. The Hall–Kier alpha value is -2.12. The third-order valence-electron chi connectivity index (χ3n) is 3.18. The summed E-state index contributed by atoms with van der Waals surface area (Å²) in [6.07, 6.45) is 0. The topological polar surface area (TPSA) is 71.1 Å². The molecule has 1 aromatic rings. The molecular weight excluding hydrogens is 298 g/mol. The number of urea groups is 1. The van der Waals surface area contributed by atoms with Gasteiger partial charge in [-0.1, -0.05) is 6.07 Å². The normalized spacial score (nSPS) is 10.3. The molecule has 0 saturated heterocycles. The van der Waals surface area contributed by atoms with E-state index in [1.807, 2.05) is 0 Å². The van der Waals surface area contributed by atoms with Crippen molar-refractivity contribution >= 4 is 17.6 Å². The van der Waals surface area contributed by atoms with E-state index < -0.39 is 0 Å². The van der Waals surface area contributed by atoms with Crippen LogP contribution in [-0.2, 0) is 9.47 Å². The van der Waals surface area contributed by atoms with Gasteiger partial charge in [-0.2, -0.15) is 0 Å². The second-order valence-electron chi connectivity index (χ2n) is 5.18. The summed E-state index contributed by atoms with van der Waals surface area (Å²) in [5.74, 6) is -0.114. The lowest BCUT2D eigenvalue weighted by Gasteiger charge is -2.22. The summed E-state index contributed by atoms with van der Waals surface area (Å²) >= 11 is 0. The number of ether oxygens (including phenoxy) is 2. The first kappa shape index (κ1) is 18.9. The van der Waals surface area contributed by atoms with Crippen molar-refractivity contribution in [2.45, 2.75) is 0 Å². The van der Waals surface area contributed by atoms with E-state index >= 15 is 0 Å². The van der Waals surface area contributed by atoms with E-state index in [-0.39, 0.29) is 11.9 Å². The number of anilines is 1. The fourth-order valence-corrected chi connectivity index (χ4v) is 1.91. The molecule has 0 bridgehead atoms. The number of rotatable bonds is 8. The van der Waals surface area contributed by atoms with E-state index in [0.717, 1.165) is 0 Å². The van der Waals surface area contributed by atoms with Crippen LogP contribution in [0.4, 0.5) is 10.5 Å². The van der Waals surface area contributed by atoms with E-state index in [0.29, 0.717) is 37.6 Å². The number of carbonyl (C=O) groups excluding carboxylic acids is 2. The van der Waals surface area contributed by atoms with Crippen LogP contribution in [0, 0.1) is 0 Å². The van der Waals surface area contributed by atoms with Gasteiger partial charge in [0.05, 0.1) is 13.2 Å². The summed E-state index contributed by atoms with van der Waals surface area (Å²) in [4.78, 5) is 27.4. The SMILES string of the molecule is COCCN(CCOC)C(=O)Nc1cccc(C(=O)N(C)C)c1. The smallest absolute Gasteiger partial charge is 0.321 e. The number of benzene rings is 1. The summed E-state index contributed by atoms with van der Waals surface area (Å²) in [7, 11) is 6.54. The van der Waals surface area contributed by atoms with Crippen LogP contribution < -0.4 is 5.32 Å². The third-order valence-corrected chi connectivity index (χ3v) is 3.18. The molecule has 0 aliphatic carbocycles. The number of methoxy groups -OCH3 is 2. The second kappa shape index (κ2) is 9.81. The highest BCUT2D eigenvalue weighted by atomic mass is 16.5. The van der Waals surface area contributed by atoms with Crippen LogP contribution in [0.15, 0.2) is 24.3 Å². The zero-order chi connectivity index (χ0) is 17.2. The van der Waals surface area contributed by atoms with Gasteiger partial charge in [0.2, 0.25) is 0 Å². The minimum atomic E-state index is -0.256. The molecule has 7 nitrogen and oxygen atoms in total. The van der Waals surface area contributed by atoms with Gasteiger partial charge in [-0.15, -0.1) is 0 Å². The van der Waals surface area contributed by atoms with Crippen LogP contribution in [0.5, 0.6) is 0 Å². The van der Waals surface area contributed by atoms with Crippen molar-refractivity contribution in [1.29, 1.82) is 0 Å². The molecule has 1 rings (SSSR count). The molecule has 128 valence electrons.